The molecule has 2 atom stereocenters. The number of alkyl halides is 1. The van der Waals surface area contributed by atoms with E-state index in [1.165, 1.54) is 5.56 Å². The zero-order chi connectivity index (χ0) is 13.3. The Morgan fingerprint density at radius 3 is 2.72 bits per heavy atom. The van der Waals surface area contributed by atoms with E-state index in [1.54, 1.807) is 0 Å². The van der Waals surface area contributed by atoms with Gasteiger partial charge in [0, 0.05) is 12.2 Å². The van der Waals surface area contributed by atoms with Crippen molar-refractivity contribution in [1.29, 1.82) is 0 Å². The minimum absolute atomic E-state index is 0.101. The number of fused-ring (bicyclic) bond motifs is 1. The first-order chi connectivity index (χ1) is 8.50. The van der Waals surface area contributed by atoms with Crippen LogP contribution in [-0.4, -0.2) is 17.3 Å². The van der Waals surface area contributed by atoms with Gasteiger partial charge in [0.05, 0.1) is 4.83 Å². The van der Waals surface area contributed by atoms with Gasteiger partial charge in [-0.25, -0.2) is 0 Å². The molecule has 0 aromatic heterocycles. The molecular formula is C15H20BrNO. The highest BCUT2D eigenvalue weighted by atomic mass is 79.9. The van der Waals surface area contributed by atoms with Crippen LogP contribution in [0.25, 0.3) is 0 Å². The summed E-state index contributed by atoms with van der Waals surface area (Å²) in [6.07, 6.45) is 1.06. The van der Waals surface area contributed by atoms with Crippen LogP contribution >= 0.6 is 15.9 Å². The number of carbonyl (C=O) groups is 1. The van der Waals surface area contributed by atoms with Gasteiger partial charge in [0.1, 0.15) is 0 Å². The highest BCUT2D eigenvalue weighted by Crippen LogP contribution is 2.31. The summed E-state index contributed by atoms with van der Waals surface area (Å²) < 4.78 is 0. The van der Waals surface area contributed by atoms with Gasteiger partial charge in [0.2, 0.25) is 5.91 Å². The van der Waals surface area contributed by atoms with E-state index in [1.807, 2.05) is 17.0 Å². The Labute approximate surface area is 117 Å². The standard InChI is InChI=1S/C15H20BrNO/c1-10(2)14(16)15(18)17-9-11(3)8-12-6-4-5-7-13(12)17/h4-7,10-11,14H,8-9H2,1-3H3. The number of rotatable bonds is 2. The molecule has 0 saturated carbocycles. The molecule has 0 N–H and O–H groups in total. The average molecular weight is 310 g/mol. The van der Waals surface area contributed by atoms with Crippen LogP contribution in [0.5, 0.6) is 0 Å². The van der Waals surface area contributed by atoms with Crippen molar-refractivity contribution < 1.29 is 4.79 Å². The van der Waals surface area contributed by atoms with E-state index >= 15 is 0 Å². The van der Waals surface area contributed by atoms with Gasteiger partial charge in [-0.2, -0.15) is 0 Å². The van der Waals surface area contributed by atoms with Crippen LogP contribution in [0.2, 0.25) is 0 Å². The van der Waals surface area contributed by atoms with E-state index in [0.717, 1.165) is 18.7 Å². The minimum Gasteiger partial charge on any atom is -0.311 e. The van der Waals surface area contributed by atoms with Gasteiger partial charge >= 0.3 is 0 Å². The number of hydrogen-bond acceptors (Lipinski definition) is 1. The molecule has 0 radical (unpaired) electrons. The van der Waals surface area contributed by atoms with E-state index in [-0.39, 0.29) is 10.7 Å². The fraction of sp³-hybridized carbons (Fsp3) is 0.533. The van der Waals surface area contributed by atoms with E-state index in [2.05, 4.69) is 48.8 Å². The molecule has 1 amide bonds. The molecular weight excluding hydrogens is 290 g/mol. The van der Waals surface area contributed by atoms with Crippen LogP contribution in [0.1, 0.15) is 26.3 Å². The van der Waals surface area contributed by atoms with Crippen molar-refractivity contribution in [1.82, 2.24) is 0 Å². The molecule has 18 heavy (non-hydrogen) atoms. The quantitative estimate of drug-likeness (QED) is 0.764. The summed E-state index contributed by atoms with van der Waals surface area (Å²) in [6.45, 7) is 7.16. The van der Waals surface area contributed by atoms with Gasteiger partial charge < -0.3 is 4.90 Å². The molecule has 2 unspecified atom stereocenters. The lowest BCUT2D eigenvalue weighted by Gasteiger charge is -2.35. The Balaban J connectivity index is 2.31. The van der Waals surface area contributed by atoms with Crippen LogP contribution in [0.15, 0.2) is 24.3 Å². The van der Waals surface area contributed by atoms with E-state index in [4.69, 9.17) is 0 Å². The van der Waals surface area contributed by atoms with Gasteiger partial charge in [0.25, 0.3) is 0 Å². The zero-order valence-electron chi connectivity index (χ0n) is 11.2. The summed E-state index contributed by atoms with van der Waals surface area (Å²) in [7, 11) is 0. The first-order valence-electron chi connectivity index (χ1n) is 6.54. The predicted molar refractivity (Wildman–Crippen MR) is 79.2 cm³/mol. The van der Waals surface area contributed by atoms with E-state index in [0.29, 0.717) is 11.8 Å². The largest absolute Gasteiger partial charge is 0.311 e. The molecule has 0 spiro atoms. The second-order valence-electron chi connectivity index (χ2n) is 5.53. The molecule has 0 fully saturated rings. The van der Waals surface area contributed by atoms with Gasteiger partial charge in [-0.15, -0.1) is 0 Å². The maximum absolute atomic E-state index is 12.5. The van der Waals surface area contributed by atoms with Crippen LogP contribution in [-0.2, 0) is 11.2 Å². The Kier molecular flexibility index (Phi) is 4.10. The molecule has 1 aliphatic heterocycles. The first kappa shape index (κ1) is 13.6. The van der Waals surface area contributed by atoms with Crippen LogP contribution in [0.4, 0.5) is 5.69 Å². The van der Waals surface area contributed by atoms with E-state index in [9.17, 15) is 4.79 Å². The predicted octanol–water partition coefficient (Wildman–Crippen LogP) is 3.63. The van der Waals surface area contributed by atoms with Crippen LogP contribution in [0.3, 0.4) is 0 Å². The number of nitrogens with zero attached hydrogens (tertiary/aromatic N) is 1. The first-order valence-corrected chi connectivity index (χ1v) is 7.45. The lowest BCUT2D eigenvalue weighted by atomic mass is 9.93. The maximum Gasteiger partial charge on any atom is 0.241 e. The van der Waals surface area contributed by atoms with E-state index < -0.39 is 0 Å². The topological polar surface area (TPSA) is 20.3 Å². The molecule has 98 valence electrons. The lowest BCUT2D eigenvalue weighted by Crippen LogP contribution is -2.44. The summed E-state index contributed by atoms with van der Waals surface area (Å²) in [6, 6.07) is 8.24. The smallest absolute Gasteiger partial charge is 0.241 e. The third kappa shape index (κ3) is 2.61. The number of hydrogen-bond donors (Lipinski definition) is 0. The third-order valence-corrected chi connectivity index (χ3v) is 4.88. The minimum atomic E-state index is -0.101. The van der Waals surface area contributed by atoms with Crippen LogP contribution in [0, 0.1) is 11.8 Å². The summed E-state index contributed by atoms with van der Waals surface area (Å²) in [4.78, 5) is 14.4. The van der Waals surface area contributed by atoms with Crippen LogP contribution < -0.4 is 4.90 Å². The summed E-state index contributed by atoms with van der Waals surface area (Å²) >= 11 is 3.52. The summed E-state index contributed by atoms with van der Waals surface area (Å²) in [5, 5.41) is 0. The lowest BCUT2D eigenvalue weighted by molar-refractivity contribution is -0.118. The van der Waals surface area contributed by atoms with Gasteiger partial charge in [-0.05, 0) is 29.9 Å². The molecule has 0 aliphatic carbocycles. The average Bonchev–Trinajstić information content (AvgIpc) is 2.35. The SMILES string of the molecule is CC1Cc2ccccc2N(C(=O)C(Br)C(C)C)C1. The number of para-hydroxylation sites is 1. The molecule has 0 saturated heterocycles. The second-order valence-corrected chi connectivity index (χ2v) is 6.52. The summed E-state index contributed by atoms with van der Waals surface area (Å²) in [5.41, 5.74) is 2.37. The Morgan fingerprint density at radius 2 is 2.06 bits per heavy atom. The molecule has 0 bridgehead atoms. The normalized spacial score (nSPS) is 20.7. The number of amides is 1. The number of carbonyl (C=O) groups excluding carboxylic acids is 1. The molecule has 1 aromatic rings. The molecule has 2 rings (SSSR count). The maximum atomic E-state index is 12.5. The Morgan fingerprint density at radius 1 is 1.39 bits per heavy atom. The van der Waals surface area contributed by atoms with Crippen molar-refractivity contribution in [3.63, 3.8) is 0 Å². The molecule has 1 aliphatic rings. The highest BCUT2D eigenvalue weighted by Gasteiger charge is 2.30. The second kappa shape index (κ2) is 5.43. The van der Waals surface area contributed by atoms with Crippen molar-refractivity contribution in [2.45, 2.75) is 32.0 Å². The zero-order valence-corrected chi connectivity index (χ0v) is 12.8. The fourth-order valence-electron chi connectivity index (χ4n) is 2.44. The number of benzene rings is 1. The van der Waals surface area contributed by atoms with Gasteiger partial charge in [-0.3, -0.25) is 4.79 Å². The van der Waals surface area contributed by atoms with Crippen molar-refractivity contribution in [2.75, 3.05) is 11.4 Å². The monoisotopic (exact) mass is 309 g/mol. The van der Waals surface area contributed by atoms with Gasteiger partial charge in [0.15, 0.2) is 0 Å². The molecule has 2 nitrogen and oxygen atoms in total. The van der Waals surface area contributed by atoms with Crippen molar-refractivity contribution in [2.24, 2.45) is 11.8 Å². The molecule has 1 aromatic carbocycles. The number of halogens is 1. The Bertz CT molecular complexity index is 444. The van der Waals surface area contributed by atoms with Crippen molar-refractivity contribution in [3.8, 4) is 0 Å². The van der Waals surface area contributed by atoms with Crippen molar-refractivity contribution >= 4 is 27.5 Å². The third-order valence-electron chi connectivity index (χ3n) is 3.43. The fourth-order valence-corrected chi connectivity index (χ4v) is 2.69. The number of anilines is 1. The molecule has 3 heteroatoms. The summed E-state index contributed by atoms with van der Waals surface area (Å²) in [5.74, 6) is 1.02. The Hall–Kier alpha value is -0.830. The van der Waals surface area contributed by atoms with Gasteiger partial charge in [-0.1, -0.05) is 54.9 Å². The van der Waals surface area contributed by atoms with Crippen molar-refractivity contribution in [3.05, 3.63) is 29.8 Å². The molecule has 1 heterocycles. The highest BCUT2D eigenvalue weighted by molar-refractivity contribution is 9.10.